The van der Waals surface area contributed by atoms with Gasteiger partial charge in [0.1, 0.15) is 0 Å². The van der Waals surface area contributed by atoms with Crippen molar-refractivity contribution in [3.05, 3.63) is 39.9 Å². The van der Waals surface area contributed by atoms with Crippen molar-refractivity contribution in [2.24, 2.45) is 0 Å². The molecular formula is C12H18N2O5S. The van der Waals surface area contributed by atoms with Crippen molar-refractivity contribution < 1.29 is 18.4 Å². The first kappa shape index (κ1) is 16.5. The molecule has 0 radical (unpaired) electrons. The monoisotopic (exact) mass is 302 g/mol. The van der Waals surface area contributed by atoms with Crippen LogP contribution in [0.5, 0.6) is 0 Å². The number of non-ortho nitro benzene ring substituents is 1. The highest BCUT2D eigenvalue weighted by Crippen LogP contribution is 2.13. The summed E-state index contributed by atoms with van der Waals surface area (Å²) in [4.78, 5) is 9.94. The van der Waals surface area contributed by atoms with E-state index >= 15 is 0 Å². The van der Waals surface area contributed by atoms with E-state index in [1.165, 1.54) is 24.3 Å². The fraction of sp³-hybridized carbons (Fsp3) is 0.500. The summed E-state index contributed by atoms with van der Waals surface area (Å²) < 4.78 is 25.9. The molecule has 1 aromatic rings. The zero-order valence-electron chi connectivity index (χ0n) is 11.2. The average Bonchev–Trinajstić information content (AvgIpc) is 2.38. The number of aliphatic hydroxyl groups is 1. The molecule has 20 heavy (non-hydrogen) atoms. The van der Waals surface area contributed by atoms with Crippen LogP contribution in [0.2, 0.25) is 0 Å². The second-order valence-corrected chi connectivity index (χ2v) is 6.23. The molecule has 1 rings (SSSR count). The first-order valence-electron chi connectivity index (χ1n) is 6.23. The number of hydrogen-bond acceptors (Lipinski definition) is 5. The molecule has 7 nitrogen and oxygen atoms in total. The maximum Gasteiger partial charge on any atom is 0.269 e. The van der Waals surface area contributed by atoms with Gasteiger partial charge in [-0.1, -0.05) is 19.1 Å². The first-order valence-corrected chi connectivity index (χ1v) is 7.88. The molecule has 112 valence electrons. The highest BCUT2D eigenvalue weighted by molar-refractivity contribution is 7.88. The normalized spacial score (nSPS) is 13.1. The Bertz CT molecular complexity index is 541. The molecule has 0 amide bonds. The third-order valence-corrected chi connectivity index (χ3v) is 4.13. The second kappa shape index (κ2) is 7.32. The van der Waals surface area contributed by atoms with Gasteiger partial charge in [-0.25, -0.2) is 13.1 Å². The van der Waals surface area contributed by atoms with Crippen LogP contribution in [-0.2, 0) is 15.8 Å². The summed E-state index contributed by atoms with van der Waals surface area (Å²) in [7, 11) is -3.50. The lowest BCUT2D eigenvalue weighted by Crippen LogP contribution is -2.28. The SMILES string of the molecule is CCC(O)CCNS(=O)(=O)Cc1ccc([N+](=O)[O-])cc1. The van der Waals surface area contributed by atoms with Crippen LogP contribution in [0, 0.1) is 10.1 Å². The number of nitrogens with one attached hydrogen (secondary N) is 1. The molecule has 0 fully saturated rings. The van der Waals surface area contributed by atoms with E-state index in [4.69, 9.17) is 0 Å². The number of sulfonamides is 1. The molecule has 8 heteroatoms. The molecule has 2 N–H and O–H groups in total. The van der Waals surface area contributed by atoms with Gasteiger partial charge in [-0.05, 0) is 18.4 Å². The van der Waals surface area contributed by atoms with E-state index in [-0.39, 0.29) is 18.0 Å². The number of rotatable bonds is 8. The maximum atomic E-state index is 11.8. The lowest BCUT2D eigenvalue weighted by atomic mass is 10.2. The van der Waals surface area contributed by atoms with Crippen molar-refractivity contribution in [2.75, 3.05) is 6.54 Å². The summed E-state index contributed by atoms with van der Waals surface area (Å²) in [5.74, 6) is -0.243. The minimum absolute atomic E-state index is 0.0785. The van der Waals surface area contributed by atoms with E-state index in [2.05, 4.69) is 4.72 Å². The van der Waals surface area contributed by atoms with Gasteiger partial charge in [0.25, 0.3) is 5.69 Å². The quantitative estimate of drug-likeness (QED) is 0.553. The standard InChI is InChI=1S/C12H18N2O5S/c1-2-12(15)7-8-13-20(18,19)9-10-3-5-11(6-4-10)14(16)17/h3-6,12-13,15H,2,7-9H2,1H3. The van der Waals surface area contributed by atoms with E-state index in [9.17, 15) is 23.6 Å². The number of aliphatic hydroxyl groups excluding tert-OH is 1. The second-order valence-electron chi connectivity index (χ2n) is 4.43. The Balaban J connectivity index is 2.55. The summed E-state index contributed by atoms with van der Waals surface area (Å²) in [6, 6.07) is 5.37. The van der Waals surface area contributed by atoms with Gasteiger partial charge in [0.15, 0.2) is 0 Å². The van der Waals surface area contributed by atoms with Crippen LogP contribution < -0.4 is 4.72 Å². The van der Waals surface area contributed by atoms with Gasteiger partial charge in [-0.2, -0.15) is 0 Å². The lowest BCUT2D eigenvalue weighted by Gasteiger charge is -2.09. The summed E-state index contributed by atoms with van der Waals surface area (Å²) in [6.07, 6.45) is 0.414. The molecule has 1 atom stereocenters. The first-order chi connectivity index (χ1) is 9.34. The number of nitro groups is 1. The Labute approximate surface area is 117 Å². The van der Waals surface area contributed by atoms with Crippen molar-refractivity contribution in [3.8, 4) is 0 Å². The smallest absolute Gasteiger partial charge is 0.269 e. The van der Waals surface area contributed by atoms with Crippen LogP contribution in [-0.4, -0.2) is 31.1 Å². The number of benzene rings is 1. The van der Waals surface area contributed by atoms with Crippen LogP contribution in [0.4, 0.5) is 5.69 Å². The predicted molar refractivity (Wildman–Crippen MR) is 74.6 cm³/mol. The molecule has 0 saturated carbocycles. The molecule has 1 unspecified atom stereocenters. The van der Waals surface area contributed by atoms with E-state index in [0.29, 0.717) is 18.4 Å². The minimum atomic E-state index is -3.50. The molecule has 1 aromatic carbocycles. The highest BCUT2D eigenvalue weighted by Gasteiger charge is 2.13. The topological polar surface area (TPSA) is 110 Å². The third-order valence-electron chi connectivity index (χ3n) is 2.77. The van der Waals surface area contributed by atoms with E-state index < -0.39 is 21.1 Å². The van der Waals surface area contributed by atoms with Crippen molar-refractivity contribution in [1.29, 1.82) is 0 Å². The Kier molecular flexibility index (Phi) is 6.05. The molecule has 0 aliphatic carbocycles. The molecule has 0 heterocycles. The van der Waals surface area contributed by atoms with Gasteiger partial charge in [-0.15, -0.1) is 0 Å². The lowest BCUT2D eigenvalue weighted by molar-refractivity contribution is -0.384. The fourth-order valence-electron chi connectivity index (χ4n) is 1.57. The summed E-state index contributed by atoms with van der Waals surface area (Å²) in [6.45, 7) is 1.99. The Morgan fingerprint density at radius 2 is 1.95 bits per heavy atom. The highest BCUT2D eigenvalue weighted by atomic mass is 32.2. The molecule has 0 aliphatic heterocycles. The summed E-state index contributed by atoms with van der Waals surface area (Å²) in [5.41, 5.74) is 0.393. The number of nitro benzene ring substituents is 1. The van der Waals surface area contributed by atoms with Crippen molar-refractivity contribution in [1.82, 2.24) is 4.72 Å². The zero-order chi connectivity index (χ0) is 15.2. The molecule has 0 saturated heterocycles. The summed E-state index contributed by atoms with van der Waals surface area (Å²) in [5, 5.41) is 19.8. The van der Waals surface area contributed by atoms with Crippen LogP contribution >= 0.6 is 0 Å². The van der Waals surface area contributed by atoms with E-state index in [1.807, 2.05) is 6.92 Å². The van der Waals surface area contributed by atoms with Crippen LogP contribution in [0.25, 0.3) is 0 Å². The van der Waals surface area contributed by atoms with E-state index in [0.717, 1.165) is 0 Å². The van der Waals surface area contributed by atoms with Gasteiger partial charge < -0.3 is 5.11 Å². The van der Waals surface area contributed by atoms with Crippen LogP contribution in [0.3, 0.4) is 0 Å². The minimum Gasteiger partial charge on any atom is -0.393 e. The Morgan fingerprint density at radius 3 is 2.45 bits per heavy atom. The van der Waals surface area contributed by atoms with Gasteiger partial charge >= 0.3 is 0 Å². The Morgan fingerprint density at radius 1 is 1.35 bits per heavy atom. The van der Waals surface area contributed by atoms with Crippen molar-refractivity contribution >= 4 is 15.7 Å². The number of nitrogens with zero attached hydrogens (tertiary/aromatic N) is 1. The van der Waals surface area contributed by atoms with Gasteiger partial charge in [-0.3, -0.25) is 10.1 Å². The van der Waals surface area contributed by atoms with Crippen molar-refractivity contribution in [2.45, 2.75) is 31.6 Å². The molecule has 0 aliphatic rings. The molecule has 0 bridgehead atoms. The molecule has 0 aromatic heterocycles. The molecule has 0 spiro atoms. The summed E-state index contributed by atoms with van der Waals surface area (Å²) >= 11 is 0. The fourth-order valence-corrected chi connectivity index (χ4v) is 2.73. The van der Waals surface area contributed by atoms with Crippen molar-refractivity contribution in [3.63, 3.8) is 0 Å². The van der Waals surface area contributed by atoms with Gasteiger partial charge in [0.05, 0.1) is 16.8 Å². The van der Waals surface area contributed by atoms with Crippen LogP contribution in [0.1, 0.15) is 25.3 Å². The third kappa shape index (κ3) is 5.64. The maximum absolute atomic E-state index is 11.8. The number of hydrogen-bond donors (Lipinski definition) is 2. The zero-order valence-corrected chi connectivity index (χ0v) is 12.0. The average molecular weight is 302 g/mol. The molecular weight excluding hydrogens is 284 g/mol. The van der Waals surface area contributed by atoms with Gasteiger partial charge in [0, 0.05) is 18.7 Å². The Hall–Kier alpha value is -1.51. The van der Waals surface area contributed by atoms with E-state index in [1.54, 1.807) is 0 Å². The van der Waals surface area contributed by atoms with Crippen LogP contribution in [0.15, 0.2) is 24.3 Å². The van der Waals surface area contributed by atoms with Gasteiger partial charge in [0.2, 0.25) is 10.0 Å². The predicted octanol–water partition coefficient (Wildman–Crippen LogP) is 1.18. The largest absolute Gasteiger partial charge is 0.393 e.